The molecule has 4 heteroatoms. The highest BCUT2D eigenvalue weighted by atomic mass is 16.3. The van der Waals surface area contributed by atoms with Crippen molar-refractivity contribution in [2.24, 2.45) is 5.73 Å². The van der Waals surface area contributed by atoms with Gasteiger partial charge in [0.1, 0.15) is 0 Å². The van der Waals surface area contributed by atoms with E-state index in [1.54, 1.807) is 12.1 Å². The van der Waals surface area contributed by atoms with Crippen molar-refractivity contribution in [2.45, 2.75) is 19.3 Å². The Hall–Kier alpha value is -2.07. The van der Waals surface area contributed by atoms with E-state index in [0.29, 0.717) is 12.3 Å². The summed E-state index contributed by atoms with van der Waals surface area (Å²) in [5, 5.41) is 2.78. The van der Waals surface area contributed by atoms with Gasteiger partial charge in [-0.2, -0.15) is 0 Å². The van der Waals surface area contributed by atoms with E-state index in [-0.39, 0.29) is 11.3 Å². The number of hydrogen-bond acceptors (Lipinski definition) is 3. The van der Waals surface area contributed by atoms with Crippen LogP contribution in [0.15, 0.2) is 47.1 Å². The molecule has 100 valence electrons. The van der Waals surface area contributed by atoms with Crippen molar-refractivity contribution >= 4 is 11.6 Å². The van der Waals surface area contributed by atoms with E-state index in [0.717, 1.165) is 11.3 Å². The second-order valence-corrected chi connectivity index (χ2v) is 5.10. The molecule has 1 amide bonds. The first-order chi connectivity index (χ1) is 9.03. The van der Waals surface area contributed by atoms with Gasteiger partial charge in [-0.1, -0.05) is 26.0 Å². The van der Waals surface area contributed by atoms with Gasteiger partial charge < -0.3 is 15.5 Å². The highest BCUT2D eigenvalue weighted by molar-refractivity contribution is 6.02. The Kier molecular flexibility index (Phi) is 3.71. The van der Waals surface area contributed by atoms with Crippen LogP contribution in [0, 0.1) is 0 Å². The van der Waals surface area contributed by atoms with Crippen LogP contribution in [0.2, 0.25) is 0 Å². The molecule has 2 aromatic rings. The van der Waals surface area contributed by atoms with Gasteiger partial charge >= 0.3 is 0 Å². The second-order valence-electron chi connectivity index (χ2n) is 5.10. The van der Waals surface area contributed by atoms with Crippen LogP contribution < -0.4 is 11.1 Å². The van der Waals surface area contributed by atoms with Crippen LogP contribution in [0.4, 0.5) is 5.69 Å². The number of furan rings is 1. The summed E-state index contributed by atoms with van der Waals surface area (Å²) in [5.74, 6) is 0.0437. The zero-order valence-corrected chi connectivity index (χ0v) is 11.1. The lowest BCUT2D eigenvalue weighted by Gasteiger charge is -2.23. The number of anilines is 1. The van der Waals surface area contributed by atoms with Crippen molar-refractivity contribution in [1.82, 2.24) is 0 Å². The van der Waals surface area contributed by atoms with Gasteiger partial charge in [0.2, 0.25) is 0 Å². The molecule has 0 aliphatic carbocycles. The summed E-state index contributed by atoms with van der Waals surface area (Å²) in [6.45, 7) is 4.75. The third-order valence-electron chi connectivity index (χ3n) is 3.18. The molecule has 0 atom stereocenters. The Bertz CT molecular complexity index is 542. The predicted molar refractivity (Wildman–Crippen MR) is 75.2 cm³/mol. The number of nitrogens with two attached hydrogens (primary N) is 1. The number of nitrogens with one attached hydrogen (secondary N) is 1. The Labute approximate surface area is 112 Å². The van der Waals surface area contributed by atoms with E-state index in [9.17, 15) is 4.79 Å². The molecule has 0 bridgehead atoms. The summed E-state index contributed by atoms with van der Waals surface area (Å²) < 4.78 is 5.03. The van der Waals surface area contributed by atoms with Gasteiger partial charge in [0.25, 0.3) is 5.91 Å². The molecule has 0 radical (unpaired) electrons. The predicted octanol–water partition coefficient (Wildman–Crippen LogP) is 2.77. The maximum absolute atomic E-state index is 11.8. The monoisotopic (exact) mass is 258 g/mol. The van der Waals surface area contributed by atoms with E-state index in [4.69, 9.17) is 10.2 Å². The first-order valence-corrected chi connectivity index (χ1v) is 6.18. The number of hydrogen-bond donors (Lipinski definition) is 2. The van der Waals surface area contributed by atoms with Crippen LogP contribution in [0.5, 0.6) is 0 Å². The summed E-state index contributed by atoms with van der Waals surface area (Å²) in [4.78, 5) is 11.8. The zero-order chi connectivity index (χ0) is 13.9. The van der Waals surface area contributed by atoms with Crippen molar-refractivity contribution in [3.8, 4) is 0 Å². The zero-order valence-electron chi connectivity index (χ0n) is 11.1. The van der Waals surface area contributed by atoms with Gasteiger partial charge in [0, 0.05) is 17.6 Å². The minimum atomic E-state index is -0.254. The molecule has 0 unspecified atom stereocenters. The van der Waals surface area contributed by atoms with E-state index < -0.39 is 0 Å². The highest BCUT2D eigenvalue weighted by Gasteiger charge is 2.18. The van der Waals surface area contributed by atoms with Crippen molar-refractivity contribution in [1.29, 1.82) is 0 Å². The third kappa shape index (κ3) is 3.03. The smallest absolute Gasteiger partial charge is 0.291 e. The number of carbonyl (C=O) groups is 1. The third-order valence-corrected chi connectivity index (χ3v) is 3.18. The van der Waals surface area contributed by atoms with Gasteiger partial charge in [0.15, 0.2) is 5.76 Å². The molecule has 0 saturated carbocycles. The summed E-state index contributed by atoms with van der Waals surface area (Å²) in [7, 11) is 0. The average molecular weight is 258 g/mol. The molecule has 0 aliphatic heterocycles. The number of carbonyl (C=O) groups excluding carboxylic acids is 1. The van der Waals surface area contributed by atoms with Crippen LogP contribution in [0.3, 0.4) is 0 Å². The van der Waals surface area contributed by atoms with E-state index >= 15 is 0 Å². The van der Waals surface area contributed by atoms with Crippen molar-refractivity contribution in [2.75, 3.05) is 11.9 Å². The molecule has 2 rings (SSSR count). The molecule has 19 heavy (non-hydrogen) atoms. The lowest BCUT2D eigenvalue weighted by Crippen LogP contribution is -2.27. The molecule has 1 heterocycles. The normalized spacial score (nSPS) is 11.3. The molecular formula is C15H18N2O2. The minimum absolute atomic E-state index is 0.0659. The summed E-state index contributed by atoms with van der Waals surface area (Å²) in [5.41, 5.74) is 7.55. The van der Waals surface area contributed by atoms with Crippen LogP contribution in [0.1, 0.15) is 30.0 Å². The second kappa shape index (κ2) is 5.28. The number of benzene rings is 1. The van der Waals surface area contributed by atoms with E-state index in [2.05, 4.69) is 19.2 Å². The fraction of sp³-hybridized carbons (Fsp3) is 0.267. The molecule has 0 spiro atoms. The molecule has 1 aromatic carbocycles. The van der Waals surface area contributed by atoms with Gasteiger partial charge in [-0.25, -0.2) is 0 Å². The van der Waals surface area contributed by atoms with Crippen LogP contribution in [-0.4, -0.2) is 12.5 Å². The van der Waals surface area contributed by atoms with Crippen molar-refractivity contribution in [3.05, 3.63) is 54.0 Å². The maximum Gasteiger partial charge on any atom is 0.291 e. The fourth-order valence-electron chi connectivity index (χ4n) is 1.72. The Morgan fingerprint density at radius 3 is 2.47 bits per heavy atom. The standard InChI is InChI=1S/C15H18N2O2/c1-15(2,10-16)11-5-7-12(8-6-11)17-14(18)13-4-3-9-19-13/h3-9H,10,16H2,1-2H3,(H,17,18). The molecule has 0 fully saturated rings. The average Bonchev–Trinajstić information content (AvgIpc) is 2.93. The number of rotatable bonds is 4. The van der Waals surface area contributed by atoms with Crippen molar-refractivity contribution < 1.29 is 9.21 Å². The summed E-state index contributed by atoms with van der Waals surface area (Å²) in [6, 6.07) is 11.0. The molecule has 4 nitrogen and oxygen atoms in total. The highest BCUT2D eigenvalue weighted by Crippen LogP contribution is 2.23. The maximum atomic E-state index is 11.8. The summed E-state index contributed by atoms with van der Waals surface area (Å²) in [6.07, 6.45) is 1.47. The summed E-state index contributed by atoms with van der Waals surface area (Å²) >= 11 is 0. The first kappa shape index (κ1) is 13.4. The topological polar surface area (TPSA) is 68.3 Å². The lowest BCUT2D eigenvalue weighted by atomic mass is 9.85. The van der Waals surface area contributed by atoms with Crippen molar-refractivity contribution in [3.63, 3.8) is 0 Å². The largest absolute Gasteiger partial charge is 0.459 e. The molecular weight excluding hydrogens is 240 g/mol. The van der Waals surface area contributed by atoms with E-state index in [1.165, 1.54) is 6.26 Å². The molecule has 0 aliphatic rings. The minimum Gasteiger partial charge on any atom is -0.459 e. The van der Waals surface area contributed by atoms with Crippen LogP contribution in [0.25, 0.3) is 0 Å². The molecule has 1 aromatic heterocycles. The van der Waals surface area contributed by atoms with Crippen LogP contribution in [-0.2, 0) is 5.41 Å². The fourth-order valence-corrected chi connectivity index (χ4v) is 1.72. The molecule has 0 saturated heterocycles. The quantitative estimate of drug-likeness (QED) is 0.886. The Balaban J connectivity index is 2.09. The van der Waals surface area contributed by atoms with Gasteiger partial charge in [0.05, 0.1) is 6.26 Å². The Morgan fingerprint density at radius 1 is 1.26 bits per heavy atom. The van der Waals surface area contributed by atoms with E-state index in [1.807, 2.05) is 24.3 Å². The number of amides is 1. The van der Waals surface area contributed by atoms with Gasteiger partial charge in [-0.3, -0.25) is 4.79 Å². The van der Waals surface area contributed by atoms with Gasteiger partial charge in [-0.05, 0) is 29.8 Å². The SMILES string of the molecule is CC(C)(CN)c1ccc(NC(=O)c2ccco2)cc1. The lowest BCUT2D eigenvalue weighted by molar-refractivity contribution is 0.0996. The Morgan fingerprint density at radius 2 is 1.95 bits per heavy atom. The molecule has 3 N–H and O–H groups in total. The van der Waals surface area contributed by atoms with Gasteiger partial charge in [-0.15, -0.1) is 0 Å². The first-order valence-electron chi connectivity index (χ1n) is 6.18. The van der Waals surface area contributed by atoms with Crippen LogP contribution >= 0.6 is 0 Å².